The average Bonchev–Trinajstić information content (AvgIpc) is 1.54. The summed E-state index contributed by atoms with van der Waals surface area (Å²) in [7, 11) is 0. The van der Waals surface area contributed by atoms with Crippen molar-refractivity contribution in [2.45, 2.75) is 249 Å². The van der Waals surface area contributed by atoms with Gasteiger partial charge in [-0.05, 0) is 99.9 Å². The van der Waals surface area contributed by atoms with E-state index in [9.17, 15) is 0 Å². The van der Waals surface area contributed by atoms with Gasteiger partial charge in [0.15, 0.2) is 23.0 Å². The number of anilines is 8. The third-order valence-corrected chi connectivity index (χ3v) is 27.0. The van der Waals surface area contributed by atoms with E-state index in [1.807, 2.05) is 0 Å². The van der Waals surface area contributed by atoms with Gasteiger partial charge in [-0.15, -0.1) is 0 Å². The van der Waals surface area contributed by atoms with Crippen molar-refractivity contribution in [3.05, 3.63) is 97.1 Å². The van der Waals surface area contributed by atoms with E-state index < -0.39 is 0 Å². The Bertz CT molecular complexity index is 5120. The van der Waals surface area contributed by atoms with Crippen LogP contribution in [-0.4, -0.2) is 82.8 Å². The number of rotatable bonds is 40. The average molecular weight is 1750 g/mol. The van der Waals surface area contributed by atoms with Gasteiger partial charge in [0.05, 0.1) is 163 Å². The van der Waals surface area contributed by atoms with E-state index in [0.717, 1.165) is 239 Å². The van der Waals surface area contributed by atoms with E-state index in [4.69, 9.17) is 77.8 Å². The number of nitrogens with zero attached hydrogens (tertiary/aromatic N) is 8. The molecule has 0 atom stereocenters. The van der Waals surface area contributed by atoms with Crippen LogP contribution < -0.4 is 69.1 Å². The molecular weight excluding hydrogens is 1640 g/mol. The van der Waals surface area contributed by atoms with Crippen molar-refractivity contribution in [3.8, 4) is 91.5 Å². The predicted molar refractivity (Wildman–Crippen MR) is 490 cm³/mol. The number of benzene rings is 8. The minimum Gasteiger partial charge on any atom is -0.492 e. The van der Waals surface area contributed by atoms with Crippen molar-refractivity contribution in [2.24, 2.45) is 0 Å². The molecule has 9 heterocycles. The minimum absolute atomic E-state index is 0. The van der Waals surface area contributed by atoms with Crippen LogP contribution in [0.4, 0.5) is 45.5 Å². The van der Waals surface area contributed by atoms with E-state index in [1.165, 1.54) is 0 Å². The van der Waals surface area contributed by atoms with Crippen LogP contribution in [0.1, 0.15) is 209 Å². The van der Waals surface area contributed by atoms with Gasteiger partial charge in [-0.25, -0.2) is 9.97 Å². The first-order valence-corrected chi connectivity index (χ1v) is 47.4. The van der Waals surface area contributed by atoms with Crippen molar-refractivity contribution < 1.29 is 55.0 Å². The first-order chi connectivity index (χ1) is 59.3. The monoisotopic (exact) mass is 1750 g/mol. The number of para-hydroxylation sites is 4. The van der Waals surface area contributed by atoms with Gasteiger partial charge in [0.2, 0.25) is 0 Å². The molecule has 8 bridgehead atoms. The fourth-order valence-corrected chi connectivity index (χ4v) is 20.5. The van der Waals surface area contributed by atoms with Crippen LogP contribution in [-0.2, 0) is 17.1 Å². The number of unbranched alkanes of at least 4 members (excludes halogenated alkanes) is 16. The maximum absolute atomic E-state index is 7.49. The van der Waals surface area contributed by atoms with Gasteiger partial charge in [0.1, 0.15) is 23.0 Å². The molecule has 0 spiro atoms. The molecule has 0 unspecified atom stereocenters. The molecule has 0 aliphatic carbocycles. The Balaban J connectivity index is 0.0000109. The van der Waals surface area contributed by atoms with Gasteiger partial charge in [-0.2, -0.15) is 0 Å². The zero-order valence-electron chi connectivity index (χ0n) is 70.6. The van der Waals surface area contributed by atoms with Crippen LogP contribution >= 0.6 is 47.0 Å². The molecule has 17 rings (SSSR count). The summed E-state index contributed by atoms with van der Waals surface area (Å²) in [6, 6.07) is 33.6. The third-order valence-electron chi connectivity index (χ3n) is 22.3. The summed E-state index contributed by atoms with van der Waals surface area (Å²) in [6.45, 7) is 20.9. The van der Waals surface area contributed by atoms with Crippen LogP contribution in [0.15, 0.2) is 136 Å². The molecule has 635 valence electrons. The molecule has 6 aliphatic rings. The second-order valence-electron chi connectivity index (χ2n) is 31.3. The smallest absolute Gasteiger partial charge is 0.492 e. The van der Waals surface area contributed by atoms with Crippen molar-refractivity contribution >= 4 is 137 Å². The molecule has 6 aliphatic heterocycles. The molecule has 0 saturated carbocycles. The van der Waals surface area contributed by atoms with Crippen LogP contribution in [0.2, 0.25) is 0 Å². The Morgan fingerprint density at radius 3 is 0.719 bits per heavy atom. The van der Waals surface area contributed by atoms with Gasteiger partial charge < -0.3 is 89.1 Å². The van der Waals surface area contributed by atoms with Crippen molar-refractivity contribution in [1.82, 2.24) is 39.9 Å². The minimum atomic E-state index is 0. The largest absolute Gasteiger partial charge is 2.00 e. The first kappa shape index (κ1) is 85.2. The summed E-state index contributed by atoms with van der Waals surface area (Å²) in [5.41, 5.74) is 10.2. The van der Waals surface area contributed by atoms with Gasteiger partial charge in [-0.3, -0.25) is 0 Å². The quantitative estimate of drug-likeness (QED) is 0.0207. The Morgan fingerprint density at radius 1 is 0.248 bits per heavy atom. The molecule has 20 nitrogen and oxygen atoms in total. The molecule has 1 radical (unpaired) electrons. The van der Waals surface area contributed by atoms with Crippen LogP contribution in [0, 0.1) is 0 Å². The number of ether oxygens (including phenoxy) is 8. The van der Waals surface area contributed by atoms with Gasteiger partial charge in [0, 0.05) is 63.7 Å². The normalized spacial score (nSPS) is 12.8. The molecule has 121 heavy (non-hydrogen) atoms. The number of aromatic nitrogens is 8. The van der Waals surface area contributed by atoms with E-state index in [2.05, 4.69) is 174 Å². The third kappa shape index (κ3) is 17.3. The standard InChI is InChI=1S/C96H108N12O8S4.Cu/c1-9-17-33-49-109-77-65-69(81(113-53-37-21-13-5)85-73(77)97-57-41-25-29-45-61(57)117-85)93-102-89(65)101-90-66-70(82(114-54-38-22-14-6)86-74(78(66)110-50-34-18-10-2)98-58-42-26-30-46-62(58)118-86)94(103-90)105-92-68-72(84(116-56-40-24-16-8)88-76(80(68)112-52-36-20-12-4)100-60-44-28-32-48-64(60)120-88)96(107-92)108-95-71-67(91(104-93)106-95)79(111-51-35-19-11-3)75-87(83(71)115-55-39-23-15-7)119-63-47-31-27-43-59(63)99-75;/h25-32,41-48,97-100H,9-24,33-40,49-56H2,1-8H3;/q-2;+2. The second-order valence-corrected chi connectivity index (χ2v) is 35.5. The van der Waals surface area contributed by atoms with E-state index >= 15 is 0 Å². The van der Waals surface area contributed by atoms with Gasteiger partial charge >= 0.3 is 17.1 Å². The molecule has 8 aromatic carbocycles. The number of hydrogen-bond acceptors (Lipinski definition) is 22. The molecule has 25 heteroatoms. The maximum Gasteiger partial charge on any atom is 2.00 e. The molecule has 11 aromatic rings. The summed E-state index contributed by atoms with van der Waals surface area (Å²) < 4.78 is 59.8. The molecule has 0 saturated heterocycles. The Morgan fingerprint density at radius 2 is 0.455 bits per heavy atom. The summed E-state index contributed by atoms with van der Waals surface area (Å²) in [4.78, 5) is 55.2. The Hall–Kier alpha value is -9.36. The molecule has 4 N–H and O–H groups in total. The first-order valence-electron chi connectivity index (χ1n) is 44.1. The maximum atomic E-state index is 7.49. The van der Waals surface area contributed by atoms with Crippen LogP contribution in [0.25, 0.3) is 89.7 Å². The topological polar surface area (TPSA) is 227 Å². The fraction of sp³-hybridized carbons (Fsp3) is 0.417. The van der Waals surface area contributed by atoms with Gasteiger partial charge in [-0.1, -0.05) is 254 Å². The van der Waals surface area contributed by atoms with Crippen LogP contribution in [0.5, 0.6) is 46.0 Å². The van der Waals surface area contributed by atoms with E-state index in [-0.39, 0.29) is 63.0 Å². The van der Waals surface area contributed by atoms with Crippen molar-refractivity contribution in [2.75, 3.05) is 74.1 Å². The summed E-state index contributed by atoms with van der Waals surface area (Å²) in [5, 5.41) is 18.1. The summed E-state index contributed by atoms with van der Waals surface area (Å²) in [6.07, 6.45) is 21.9. The predicted octanol–water partition coefficient (Wildman–Crippen LogP) is 27.5. The second kappa shape index (κ2) is 39.9. The van der Waals surface area contributed by atoms with Crippen LogP contribution in [0.3, 0.4) is 0 Å². The molecule has 0 amide bonds. The molecule has 0 fully saturated rings. The number of fused-ring (bicyclic) bond motifs is 28. The van der Waals surface area contributed by atoms with Gasteiger partial charge in [0.25, 0.3) is 0 Å². The Kier molecular flexibility index (Phi) is 28.1. The molecular formula is C96H108CuN12O8S4. The molecule has 3 aromatic heterocycles. The number of hydrogen-bond donors (Lipinski definition) is 4. The van der Waals surface area contributed by atoms with E-state index in [1.54, 1.807) is 47.0 Å². The summed E-state index contributed by atoms with van der Waals surface area (Å²) >= 11 is 6.58. The fourth-order valence-electron chi connectivity index (χ4n) is 16.1. The number of nitrogens with one attached hydrogen (secondary N) is 4. The SMILES string of the molecule is CCCCCOc1c2c(c(OCCCCC)c3c1-c1nc-3nc3[n-]c(nc4nc(nc5[n-]c(n1)c1c(OCCCCC)c6c(c(OCCCCC)c51)Sc1ccccc1N6)-c1c(OCCCCC)c5c(c(OCCCCC)c1-4)Sc1ccccc1N5)c1c(OCCCCC)c4c(c(OCCCCC)c31)Nc1ccccc1S4)Sc1ccccc1N2.[Cu+2]. The zero-order chi connectivity index (χ0) is 82.0. The Labute approximate surface area is 737 Å². The van der Waals surface area contributed by atoms with Crippen molar-refractivity contribution in [1.29, 1.82) is 0 Å². The van der Waals surface area contributed by atoms with E-state index in [0.29, 0.717) is 143 Å². The van der Waals surface area contributed by atoms with Crippen molar-refractivity contribution in [3.63, 3.8) is 0 Å². The zero-order valence-corrected chi connectivity index (χ0v) is 74.9. The summed E-state index contributed by atoms with van der Waals surface area (Å²) in [5.74, 6) is 5.70.